The van der Waals surface area contributed by atoms with Gasteiger partial charge in [0.25, 0.3) is 5.91 Å². The fourth-order valence-corrected chi connectivity index (χ4v) is 2.23. The van der Waals surface area contributed by atoms with Gasteiger partial charge in [0.15, 0.2) is 11.2 Å². The van der Waals surface area contributed by atoms with E-state index >= 15 is 0 Å². The average Bonchev–Trinajstić information content (AvgIpc) is 2.49. The Morgan fingerprint density at radius 3 is 2.86 bits per heavy atom. The Balaban J connectivity index is 1.99. The number of amides is 1. The zero-order chi connectivity index (χ0) is 14.8. The normalized spacial score (nSPS) is 10.5. The first-order valence-corrected chi connectivity index (χ1v) is 6.87. The molecule has 2 heterocycles. The highest BCUT2D eigenvalue weighted by Crippen LogP contribution is 2.18. The molecule has 0 aliphatic carbocycles. The smallest absolute Gasteiger partial charge is 0.291 e. The monoisotopic (exact) mass is 344 g/mol. The third kappa shape index (κ3) is 2.85. The van der Waals surface area contributed by atoms with Crippen LogP contribution in [0.4, 0.5) is 5.69 Å². The summed E-state index contributed by atoms with van der Waals surface area (Å²) in [7, 11) is 0. The maximum atomic E-state index is 12.1. The minimum absolute atomic E-state index is 0.0429. The molecular weight excluding hydrogens is 336 g/mol. The van der Waals surface area contributed by atoms with Crippen LogP contribution in [-0.4, -0.2) is 10.9 Å². The van der Waals surface area contributed by atoms with Crippen molar-refractivity contribution in [2.75, 3.05) is 5.32 Å². The summed E-state index contributed by atoms with van der Waals surface area (Å²) in [5.74, 6) is -0.538. The number of hydrogen-bond acceptors (Lipinski definition) is 4. The van der Waals surface area contributed by atoms with Crippen LogP contribution >= 0.6 is 15.9 Å². The van der Waals surface area contributed by atoms with Crippen LogP contribution in [0.2, 0.25) is 0 Å². The standard InChI is InChI=1S/C15H9BrN2O3/c16-9-3-4-13-11(6-9)12(19)7-14(21-13)15(20)18-10-2-1-5-17-8-10/h1-8H,(H,18,20). The Bertz CT molecular complexity index is 875. The van der Waals surface area contributed by atoms with Gasteiger partial charge >= 0.3 is 0 Å². The molecule has 3 aromatic rings. The van der Waals surface area contributed by atoms with Crippen molar-refractivity contribution in [2.45, 2.75) is 0 Å². The van der Waals surface area contributed by atoms with Crippen molar-refractivity contribution in [1.82, 2.24) is 4.98 Å². The summed E-state index contributed by atoms with van der Waals surface area (Å²) >= 11 is 3.29. The number of anilines is 1. The molecule has 5 nitrogen and oxygen atoms in total. The maximum Gasteiger partial charge on any atom is 0.291 e. The van der Waals surface area contributed by atoms with Gasteiger partial charge in [0, 0.05) is 16.7 Å². The molecular formula is C15H9BrN2O3. The van der Waals surface area contributed by atoms with Crippen molar-refractivity contribution in [3.8, 4) is 0 Å². The van der Waals surface area contributed by atoms with Crippen molar-refractivity contribution in [3.63, 3.8) is 0 Å². The van der Waals surface area contributed by atoms with Crippen molar-refractivity contribution in [3.05, 3.63) is 69.2 Å². The Hall–Kier alpha value is -2.47. The second kappa shape index (κ2) is 5.49. The largest absolute Gasteiger partial charge is 0.451 e. The van der Waals surface area contributed by atoms with Crippen molar-refractivity contribution < 1.29 is 9.21 Å². The van der Waals surface area contributed by atoms with Crippen LogP contribution in [0, 0.1) is 0 Å². The van der Waals surface area contributed by atoms with E-state index in [4.69, 9.17) is 4.42 Å². The predicted molar refractivity (Wildman–Crippen MR) is 82.4 cm³/mol. The van der Waals surface area contributed by atoms with E-state index < -0.39 is 5.91 Å². The summed E-state index contributed by atoms with van der Waals surface area (Å²) in [6.45, 7) is 0. The molecule has 0 saturated heterocycles. The van der Waals surface area contributed by atoms with Crippen LogP contribution in [0.25, 0.3) is 11.0 Å². The fraction of sp³-hybridized carbons (Fsp3) is 0. The van der Waals surface area contributed by atoms with Gasteiger partial charge in [-0.3, -0.25) is 14.6 Å². The van der Waals surface area contributed by atoms with Gasteiger partial charge < -0.3 is 9.73 Å². The second-order valence-electron chi connectivity index (χ2n) is 4.31. The number of fused-ring (bicyclic) bond motifs is 1. The Morgan fingerprint density at radius 2 is 2.10 bits per heavy atom. The number of nitrogens with one attached hydrogen (secondary N) is 1. The summed E-state index contributed by atoms with van der Waals surface area (Å²) in [6.07, 6.45) is 3.11. The number of rotatable bonds is 2. The number of hydrogen-bond donors (Lipinski definition) is 1. The topological polar surface area (TPSA) is 72.2 Å². The van der Waals surface area contributed by atoms with Gasteiger partial charge in [-0.05, 0) is 30.3 Å². The van der Waals surface area contributed by atoms with Gasteiger partial charge in [0.05, 0.1) is 17.3 Å². The average molecular weight is 345 g/mol. The van der Waals surface area contributed by atoms with Gasteiger partial charge in [0.2, 0.25) is 0 Å². The predicted octanol–water partition coefficient (Wildman–Crippen LogP) is 3.20. The summed E-state index contributed by atoms with van der Waals surface area (Å²) in [6, 6.07) is 9.62. The Kier molecular flexibility index (Phi) is 3.53. The van der Waals surface area contributed by atoms with Crippen LogP contribution in [0.15, 0.2) is 62.5 Å². The van der Waals surface area contributed by atoms with E-state index in [2.05, 4.69) is 26.2 Å². The summed E-state index contributed by atoms with van der Waals surface area (Å²) in [5, 5.41) is 3.04. The molecule has 0 bridgehead atoms. The number of aromatic nitrogens is 1. The third-order valence-electron chi connectivity index (χ3n) is 2.83. The lowest BCUT2D eigenvalue weighted by molar-refractivity contribution is 0.0997. The molecule has 104 valence electrons. The fourth-order valence-electron chi connectivity index (χ4n) is 1.87. The zero-order valence-corrected chi connectivity index (χ0v) is 12.3. The SMILES string of the molecule is O=C(Nc1cccnc1)c1cc(=O)c2cc(Br)ccc2o1. The first kappa shape index (κ1) is 13.5. The number of nitrogens with zero attached hydrogens (tertiary/aromatic N) is 1. The molecule has 0 spiro atoms. The van der Waals surface area contributed by atoms with Crippen LogP contribution < -0.4 is 10.7 Å². The lowest BCUT2D eigenvalue weighted by Crippen LogP contribution is -2.15. The summed E-state index contributed by atoms with van der Waals surface area (Å²) in [4.78, 5) is 28.0. The molecule has 6 heteroatoms. The Morgan fingerprint density at radius 1 is 1.24 bits per heavy atom. The van der Waals surface area contributed by atoms with Gasteiger partial charge in [0.1, 0.15) is 5.58 Å². The quantitative estimate of drug-likeness (QED) is 0.774. The van der Waals surface area contributed by atoms with Crippen molar-refractivity contribution in [1.29, 1.82) is 0 Å². The molecule has 3 rings (SSSR count). The first-order valence-electron chi connectivity index (χ1n) is 6.08. The van der Waals surface area contributed by atoms with E-state index in [0.29, 0.717) is 16.7 Å². The van der Waals surface area contributed by atoms with Crippen molar-refractivity contribution >= 4 is 38.5 Å². The highest BCUT2D eigenvalue weighted by Gasteiger charge is 2.12. The molecule has 1 amide bonds. The van der Waals surface area contributed by atoms with Gasteiger partial charge in [-0.25, -0.2) is 0 Å². The van der Waals surface area contributed by atoms with Crippen LogP contribution in [0.3, 0.4) is 0 Å². The highest BCUT2D eigenvalue weighted by atomic mass is 79.9. The molecule has 0 radical (unpaired) electrons. The van der Waals surface area contributed by atoms with Gasteiger partial charge in [-0.2, -0.15) is 0 Å². The highest BCUT2D eigenvalue weighted by molar-refractivity contribution is 9.10. The molecule has 0 saturated carbocycles. The van der Waals surface area contributed by atoms with Crippen LogP contribution in [0.5, 0.6) is 0 Å². The number of benzene rings is 1. The molecule has 2 aromatic heterocycles. The van der Waals surface area contributed by atoms with Gasteiger partial charge in [-0.1, -0.05) is 15.9 Å². The van der Waals surface area contributed by atoms with E-state index in [-0.39, 0.29) is 11.2 Å². The molecule has 0 unspecified atom stereocenters. The third-order valence-corrected chi connectivity index (χ3v) is 3.33. The zero-order valence-electron chi connectivity index (χ0n) is 10.7. The van der Waals surface area contributed by atoms with E-state index in [9.17, 15) is 9.59 Å². The lowest BCUT2D eigenvalue weighted by Gasteiger charge is -2.05. The summed E-state index contributed by atoms with van der Waals surface area (Å²) in [5.41, 5.74) is 0.622. The molecule has 0 aliphatic rings. The van der Waals surface area contributed by atoms with E-state index in [0.717, 1.165) is 4.47 Å². The molecule has 21 heavy (non-hydrogen) atoms. The van der Waals surface area contributed by atoms with Crippen molar-refractivity contribution in [2.24, 2.45) is 0 Å². The number of carbonyl (C=O) groups excluding carboxylic acids is 1. The lowest BCUT2D eigenvalue weighted by atomic mass is 10.2. The molecule has 1 aromatic carbocycles. The van der Waals surface area contributed by atoms with E-state index in [1.807, 2.05) is 0 Å². The minimum Gasteiger partial charge on any atom is -0.451 e. The second-order valence-corrected chi connectivity index (χ2v) is 5.23. The number of pyridine rings is 1. The van der Waals surface area contributed by atoms with Crippen LogP contribution in [-0.2, 0) is 0 Å². The molecule has 0 atom stereocenters. The Labute approximate surface area is 127 Å². The van der Waals surface area contributed by atoms with E-state index in [1.165, 1.54) is 12.3 Å². The number of halogens is 1. The summed E-state index contributed by atoms with van der Waals surface area (Å²) < 4.78 is 6.25. The number of carbonyl (C=O) groups is 1. The molecule has 0 fully saturated rings. The van der Waals surface area contributed by atoms with Crippen LogP contribution in [0.1, 0.15) is 10.6 Å². The van der Waals surface area contributed by atoms with E-state index in [1.54, 1.807) is 36.5 Å². The van der Waals surface area contributed by atoms with Gasteiger partial charge in [-0.15, -0.1) is 0 Å². The minimum atomic E-state index is -0.495. The molecule has 1 N–H and O–H groups in total. The maximum absolute atomic E-state index is 12.1. The molecule has 0 aliphatic heterocycles. The first-order chi connectivity index (χ1) is 10.1.